The third-order valence-corrected chi connectivity index (χ3v) is 3.50. The van der Waals surface area contributed by atoms with E-state index in [1.165, 1.54) is 0 Å². The van der Waals surface area contributed by atoms with E-state index in [0.29, 0.717) is 6.04 Å². The first kappa shape index (κ1) is 12.1. The Hall–Kier alpha value is -1.35. The van der Waals surface area contributed by atoms with Crippen molar-refractivity contribution >= 4 is 5.91 Å². The molecule has 92 valence electrons. The van der Waals surface area contributed by atoms with Crippen LogP contribution in [0.3, 0.4) is 0 Å². The van der Waals surface area contributed by atoms with Crippen LogP contribution in [0.5, 0.6) is 0 Å². The number of hydrogen-bond acceptors (Lipinski definition) is 2. The smallest absolute Gasteiger partial charge is 0.253 e. The summed E-state index contributed by atoms with van der Waals surface area (Å²) in [5, 5.41) is 0. The van der Waals surface area contributed by atoms with Gasteiger partial charge in [-0.25, -0.2) is 0 Å². The summed E-state index contributed by atoms with van der Waals surface area (Å²) >= 11 is 0. The van der Waals surface area contributed by atoms with Gasteiger partial charge in [-0.05, 0) is 39.1 Å². The van der Waals surface area contributed by atoms with E-state index in [-0.39, 0.29) is 5.91 Å². The number of nitrogens with zero attached hydrogens (tertiary/aromatic N) is 2. The van der Waals surface area contributed by atoms with Gasteiger partial charge in [0.25, 0.3) is 5.91 Å². The van der Waals surface area contributed by atoms with Crippen molar-refractivity contribution in [1.29, 1.82) is 0 Å². The van der Waals surface area contributed by atoms with Crippen molar-refractivity contribution in [2.45, 2.75) is 18.9 Å². The lowest BCUT2D eigenvalue weighted by molar-refractivity contribution is 0.0663. The molecule has 0 atom stereocenters. The Kier molecular flexibility index (Phi) is 3.79. The number of rotatable bonds is 2. The van der Waals surface area contributed by atoms with Crippen molar-refractivity contribution in [3.63, 3.8) is 0 Å². The van der Waals surface area contributed by atoms with Gasteiger partial charge in [0.05, 0.1) is 0 Å². The van der Waals surface area contributed by atoms with E-state index in [1.807, 2.05) is 35.2 Å². The molecule has 3 heteroatoms. The summed E-state index contributed by atoms with van der Waals surface area (Å²) in [6.45, 7) is 1.74. The molecule has 1 heterocycles. The molecule has 1 aliphatic heterocycles. The van der Waals surface area contributed by atoms with E-state index in [4.69, 9.17) is 0 Å². The normalized spacial score (nSPS) is 17.5. The van der Waals surface area contributed by atoms with Crippen molar-refractivity contribution in [3.05, 3.63) is 35.9 Å². The Morgan fingerprint density at radius 3 is 2.29 bits per heavy atom. The lowest BCUT2D eigenvalue weighted by Crippen LogP contribution is -2.44. The van der Waals surface area contributed by atoms with Crippen LogP contribution in [-0.4, -0.2) is 48.9 Å². The molecule has 0 radical (unpaired) electrons. The van der Waals surface area contributed by atoms with Crippen LogP contribution < -0.4 is 0 Å². The molecule has 0 saturated carbocycles. The monoisotopic (exact) mass is 232 g/mol. The van der Waals surface area contributed by atoms with Gasteiger partial charge in [0.1, 0.15) is 0 Å². The van der Waals surface area contributed by atoms with Gasteiger partial charge in [-0.1, -0.05) is 18.2 Å². The predicted molar refractivity (Wildman–Crippen MR) is 69.1 cm³/mol. The topological polar surface area (TPSA) is 23.6 Å². The zero-order chi connectivity index (χ0) is 12.3. The van der Waals surface area contributed by atoms with Crippen LogP contribution in [0.4, 0.5) is 0 Å². The van der Waals surface area contributed by atoms with Crippen molar-refractivity contribution < 1.29 is 4.79 Å². The zero-order valence-corrected chi connectivity index (χ0v) is 10.6. The van der Waals surface area contributed by atoms with Gasteiger partial charge in [-0.3, -0.25) is 4.79 Å². The molecular formula is C14H20N2O. The SMILES string of the molecule is CN(C)C1CCN(C(=O)c2ccccc2)CC1. The first-order valence-electron chi connectivity index (χ1n) is 6.19. The molecule has 0 aromatic heterocycles. The Balaban J connectivity index is 1.95. The highest BCUT2D eigenvalue weighted by molar-refractivity contribution is 5.94. The van der Waals surface area contributed by atoms with Gasteiger partial charge in [0.15, 0.2) is 0 Å². The van der Waals surface area contributed by atoms with Crippen LogP contribution in [0.25, 0.3) is 0 Å². The largest absolute Gasteiger partial charge is 0.339 e. The molecule has 1 amide bonds. The minimum Gasteiger partial charge on any atom is -0.339 e. The molecule has 2 rings (SSSR count). The minimum absolute atomic E-state index is 0.169. The molecule has 3 nitrogen and oxygen atoms in total. The highest BCUT2D eigenvalue weighted by Crippen LogP contribution is 2.16. The average Bonchev–Trinajstić information content (AvgIpc) is 2.39. The summed E-state index contributed by atoms with van der Waals surface area (Å²) in [4.78, 5) is 16.4. The first-order valence-corrected chi connectivity index (χ1v) is 6.19. The van der Waals surface area contributed by atoms with E-state index in [1.54, 1.807) is 0 Å². The molecule has 0 N–H and O–H groups in total. The van der Waals surface area contributed by atoms with Gasteiger partial charge < -0.3 is 9.80 Å². The number of amides is 1. The molecule has 1 saturated heterocycles. The van der Waals surface area contributed by atoms with Gasteiger partial charge in [0.2, 0.25) is 0 Å². The van der Waals surface area contributed by atoms with Gasteiger partial charge in [-0.15, -0.1) is 0 Å². The average molecular weight is 232 g/mol. The van der Waals surface area contributed by atoms with E-state index in [9.17, 15) is 4.79 Å². The lowest BCUT2D eigenvalue weighted by Gasteiger charge is -2.35. The third-order valence-electron chi connectivity index (χ3n) is 3.50. The number of carbonyl (C=O) groups is 1. The van der Waals surface area contributed by atoms with Crippen LogP contribution in [0.1, 0.15) is 23.2 Å². The highest BCUT2D eigenvalue weighted by atomic mass is 16.2. The number of carbonyl (C=O) groups excluding carboxylic acids is 1. The summed E-state index contributed by atoms with van der Waals surface area (Å²) in [6, 6.07) is 10.2. The second-order valence-electron chi connectivity index (χ2n) is 4.85. The van der Waals surface area contributed by atoms with Gasteiger partial charge in [-0.2, -0.15) is 0 Å². The Bertz CT molecular complexity index is 367. The van der Waals surface area contributed by atoms with E-state index < -0.39 is 0 Å². The van der Waals surface area contributed by atoms with Crippen LogP contribution in [0, 0.1) is 0 Å². The second-order valence-corrected chi connectivity index (χ2v) is 4.85. The highest BCUT2D eigenvalue weighted by Gasteiger charge is 2.24. The summed E-state index contributed by atoms with van der Waals surface area (Å²) in [7, 11) is 4.22. The molecule has 17 heavy (non-hydrogen) atoms. The summed E-state index contributed by atoms with van der Waals surface area (Å²) in [6.07, 6.45) is 2.15. The molecule has 1 fully saturated rings. The van der Waals surface area contributed by atoms with Crippen LogP contribution in [0.15, 0.2) is 30.3 Å². The van der Waals surface area contributed by atoms with Crippen LogP contribution >= 0.6 is 0 Å². The van der Waals surface area contributed by atoms with Gasteiger partial charge >= 0.3 is 0 Å². The molecule has 0 bridgehead atoms. The Labute approximate surface area is 103 Å². The fourth-order valence-electron chi connectivity index (χ4n) is 2.35. The lowest BCUT2D eigenvalue weighted by atomic mass is 10.0. The third kappa shape index (κ3) is 2.86. The number of likely N-dealkylation sites (tertiary alicyclic amines) is 1. The van der Waals surface area contributed by atoms with Gasteiger partial charge in [0, 0.05) is 24.7 Å². The fraction of sp³-hybridized carbons (Fsp3) is 0.500. The zero-order valence-electron chi connectivity index (χ0n) is 10.6. The van der Waals surface area contributed by atoms with Crippen molar-refractivity contribution in [1.82, 2.24) is 9.80 Å². The summed E-state index contributed by atoms with van der Waals surface area (Å²) < 4.78 is 0. The molecular weight excluding hydrogens is 212 g/mol. The fourth-order valence-corrected chi connectivity index (χ4v) is 2.35. The predicted octanol–water partition coefficient (Wildman–Crippen LogP) is 1.85. The van der Waals surface area contributed by atoms with E-state index in [0.717, 1.165) is 31.5 Å². The molecule has 1 aliphatic rings. The Morgan fingerprint density at radius 2 is 1.76 bits per heavy atom. The number of benzene rings is 1. The number of piperidine rings is 1. The van der Waals surface area contributed by atoms with Crippen LogP contribution in [-0.2, 0) is 0 Å². The van der Waals surface area contributed by atoms with E-state index in [2.05, 4.69) is 19.0 Å². The van der Waals surface area contributed by atoms with Crippen molar-refractivity contribution in [3.8, 4) is 0 Å². The van der Waals surface area contributed by atoms with E-state index >= 15 is 0 Å². The standard InChI is InChI=1S/C14H20N2O/c1-15(2)13-8-10-16(11-9-13)14(17)12-6-4-3-5-7-12/h3-7,13H,8-11H2,1-2H3. The maximum atomic E-state index is 12.2. The van der Waals surface area contributed by atoms with Crippen molar-refractivity contribution in [2.24, 2.45) is 0 Å². The quantitative estimate of drug-likeness (QED) is 0.777. The summed E-state index contributed by atoms with van der Waals surface area (Å²) in [5.41, 5.74) is 0.802. The molecule has 0 spiro atoms. The second kappa shape index (κ2) is 5.32. The minimum atomic E-state index is 0.169. The van der Waals surface area contributed by atoms with Crippen molar-refractivity contribution in [2.75, 3.05) is 27.2 Å². The number of hydrogen-bond donors (Lipinski definition) is 0. The molecule has 0 aliphatic carbocycles. The molecule has 0 unspecified atom stereocenters. The molecule has 1 aromatic carbocycles. The molecule has 1 aromatic rings. The maximum Gasteiger partial charge on any atom is 0.253 e. The Morgan fingerprint density at radius 1 is 1.18 bits per heavy atom. The maximum absolute atomic E-state index is 12.2. The van der Waals surface area contributed by atoms with Crippen LogP contribution in [0.2, 0.25) is 0 Å². The summed E-state index contributed by atoms with van der Waals surface area (Å²) in [5.74, 6) is 0.169. The first-order chi connectivity index (χ1) is 8.18.